The highest BCUT2D eigenvalue weighted by Crippen LogP contribution is 2.12. The van der Waals surface area contributed by atoms with Crippen LogP contribution in [0, 0.1) is 17.8 Å². The number of amides is 8. The van der Waals surface area contributed by atoms with Gasteiger partial charge < -0.3 is 85.3 Å². The Labute approximate surface area is 396 Å². The van der Waals surface area contributed by atoms with Crippen LogP contribution in [-0.2, 0) is 57.5 Å². The molecule has 29 heteroatoms. The van der Waals surface area contributed by atoms with Crippen molar-refractivity contribution in [3.63, 3.8) is 0 Å². The number of nitrogens with zero attached hydrogens (tertiary/aromatic N) is 1. The van der Waals surface area contributed by atoms with Crippen molar-refractivity contribution < 1.29 is 83.1 Å². The molecule has 0 rings (SSSR count). The molecule has 0 fully saturated rings. The number of carbonyl (C=O) groups excluding carboxylic acids is 8. The van der Waals surface area contributed by atoms with Crippen molar-refractivity contribution in [1.82, 2.24) is 42.5 Å². The van der Waals surface area contributed by atoms with Gasteiger partial charge >= 0.3 is 23.9 Å². The smallest absolute Gasteiger partial charge is 0.326 e. The normalized spacial score (nSPS) is 15.3. The second kappa shape index (κ2) is 30.3. The zero-order valence-electron chi connectivity index (χ0n) is 39.4. The number of guanidine groups is 1. The fourth-order valence-corrected chi connectivity index (χ4v) is 6.01. The molecule has 0 aliphatic heterocycles. The lowest BCUT2D eigenvalue weighted by Crippen LogP contribution is -2.62. The topological polar surface area (TPSA) is 493 Å². The van der Waals surface area contributed by atoms with E-state index in [1.165, 1.54) is 27.7 Å². The number of aliphatic hydroxyl groups is 1. The Kier molecular flexibility index (Phi) is 27.1. The number of hydrogen-bond acceptors (Lipinski definition) is 15. The van der Waals surface area contributed by atoms with E-state index in [0.717, 1.165) is 6.92 Å². The van der Waals surface area contributed by atoms with E-state index >= 15 is 0 Å². The van der Waals surface area contributed by atoms with Gasteiger partial charge in [-0.05, 0) is 37.5 Å². The van der Waals surface area contributed by atoms with Crippen LogP contribution in [-0.4, -0.2) is 170 Å². The van der Waals surface area contributed by atoms with Gasteiger partial charge in [-0.25, -0.2) is 4.79 Å². The number of carboxylic acids is 4. The third kappa shape index (κ3) is 22.9. The maximum atomic E-state index is 14.0. The van der Waals surface area contributed by atoms with Gasteiger partial charge in [-0.2, -0.15) is 0 Å². The number of aliphatic hydroxyl groups excluding tert-OH is 1. The van der Waals surface area contributed by atoms with Gasteiger partial charge in [0.1, 0.15) is 48.3 Å². The average Bonchev–Trinajstić information content (AvgIpc) is 3.24. The van der Waals surface area contributed by atoms with E-state index in [1.807, 2.05) is 5.32 Å². The van der Waals surface area contributed by atoms with E-state index in [0.29, 0.717) is 0 Å². The Balaban J connectivity index is 6.44. The number of rotatable bonds is 32. The fourth-order valence-electron chi connectivity index (χ4n) is 6.01. The molecule has 29 nitrogen and oxygen atoms in total. The Bertz CT molecular complexity index is 1890. The highest BCUT2D eigenvalue weighted by atomic mass is 16.4. The van der Waals surface area contributed by atoms with Crippen LogP contribution in [0.1, 0.15) is 87.0 Å². The minimum absolute atomic E-state index is 0.0325. The predicted molar refractivity (Wildman–Crippen MR) is 240 cm³/mol. The predicted octanol–water partition coefficient (Wildman–Crippen LogP) is -5.88. The lowest BCUT2D eigenvalue weighted by atomic mass is 9.96. The van der Waals surface area contributed by atoms with Crippen molar-refractivity contribution in [1.29, 1.82) is 0 Å². The van der Waals surface area contributed by atoms with Gasteiger partial charge in [-0.15, -0.1) is 0 Å². The first kappa shape index (κ1) is 61.8. The van der Waals surface area contributed by atoms with Gasteiger partial charge in [0.15, 0.2) is 5.96 Å². The molecule has 0 saturated carbocycles. The first-order valence-electron chi connectivity index (χ1n) is 21.7. The molecule has 0 saturated heterocycles. The quantitative estimate of drug-likeness (QED) is 0.0170. The molecule has 0 unspecified atom stereocenters. The minimum atomic E-state index is -1.88. The summed E-state index contributed by atoms with van der Waals surface area (Å²) in [6.07, 6.45) is -2.65. The van der Waals surface area contributed by atoms with Gasteiger partial charge in [-0.1, -0.05) is 48.0 Å². The third-order valence-electron chi connectivity index (χ3n) is 10.2. The summed E-state index contributed by atoms with van der Waals surface area (Å²) in [5, 5.41) is 65.1. The Morgan fingerprint density at radius 2 is 0.899 bits per heavy atom. The third-order valence-corrected chi connectivity index (χ3v) is 10.2. The standard InChI is InChI=1S/C40H68N12O17/c1-8-18(6)30(52-35(64)24(15-53)49-32(61)20(41)12-25(54)55)38(67)46-21(10-9-11-44-40(42)43)33(62)51-29(17(4)5)36(65)47-22(13-26(56)57)34(63)45-19(7)31(60)50-28(16(2)3)37(66)48-23(39(68)69)14-27(58)59/h16-24,28-30,53H,8-15,41H2,1-7H3,(H,45,63)(H,46,67)(H,47,65)(H,48,66)(H,49,61)(H,50,60)(H,51,62)(H,52,64)(H,54,55)(H,56,57)(H,58,59)(H,68,69)(H4,42,43,44)/t18-,19-,20-,21-,22-,23-,24-,28-,29-,30-/m0/s1. The molecule has 10 atom stereocenters. The molecule has 19 N–H and O–H groups in total. The summed E-state index contributed by atoms with van der Waals surface area (Å²) in [5.41, 5.74) is 16.4. The van der Waals surface area contributed by atoms with Crippen molar-refractivity contribution in [3.8, 4) is 0 Å². The zero-order chi connectivity index (χ0) is 53.5. The van der Waals surface area contributed by atoms with Crippen molar-refractivity contribution in [2.75, 3.05) is 13.2 Å². The number of aliphatic carboxylic acids is 4. The van der Waals surface area contributed by atoms with Gasteiger partial charge in [0.2, 0.25) is 47.3 Å². The largest absolute Gasteiger partial charge is 0.481 e. The van der Waals surface area contributed by atoms with Gasteiger partial charge in [0.05, 0.1) is 31.9 Å². The number of carbonyl (C=O) groups is 12. The molecule has 8 amide bonds. The van der Waals surface area contributed by atoms with E-state index in [-0.39, 0.29) is 31.8 Å². The first-order valence-corrected chi connectivity index (χ1v) is 21.7. The summed E-state index contributed by atoms with van der Waals surface area (Å²) in [6.45, 7) is 9.27. The molecule has 0 aromatic heterocycles. The van der Waals surface area contributed by atoms with E-state index in [1.54, 1.807) is 13.8 Å². The van der Waals surface area contributed by atoms with Crippen LogP contribution in [0.25, 0.3) is 0 Å². The molecular weight excluding hydrogens is 921 g/mol. The molecule has 0 radical (unpaired) electrons. The van der Waals surface area contributed by atoms with Crippen LogP contribution in [0.3, 0.4) is 0 Å². The molecule has 0 aromatic carbocycles. The first-order chi connectivity index (χ1) is 32.0. The molecule has 69 heavy (non-hydrogen) atoms. The summed E-state index contributed by atoms with van der Waals surface area (Å²) in [5.74, 6) is -17.0. The van der Waals surface area contributed by atoms with Crippen molar-refractivity contribution in [2.45, 2.75) is 141 Å². The van der Waals surface area contributed by atoms with E-state index in [2.05, 4.69) is 42.2 Å². The molecule has 0 bridgehead atoms. The van der Waals surface area contributed by atoms with Crippen molar-refractivity contribution >= 4 is 77.1 Å². The molecule has 0 aliphatic carbocycles. The Morgan fingerprint density at radius 1 is 0.493 bits per heavy atom. The monoisotopic (exact) mass is 988 g/mol. The van der Waals surface area contributed by atoms with Crippen LogP contribution in [0.4, 0.5) is 0 Å². The molecule has 390 valence electrons. The maximum Gasteiger partial charge on any atom is 0.326 e. The number of carboxylic acid groups (broad SMARTS) is 4. The summed E-state index contributed by atoms with van der Waals surface area (Å²) in [6, 6.07) is -14.4. The molecule has 0 aromatic rings. The van der Waals surface area contributed by atoms with Crippen molar-refractivity contribution in [2.24, 2.45) is 39.9 Å². The summed E-state index contributed by atoms with van der Waals surface area (Å²) < 4.78 is 0. The van der Waals surface area contributed by atoms with Crippen LogP contribution < -0.4 is 59.7 Å². The minimum Gasteiger partial charge on any atom is -0.481 e. The van der Waals surface area contributed by atoms with Crippen molar-refractivity contribution in [3.05, 3.63) is 0 Å². The number of nitrogens with one attached hydrogen (secondary N) is 8. The molecule has 0 spiro atoms. The number of nitrogens with two attached hydrogens (primary N) is 3. The second-order valence-corrected chi connectivity index (χ2v) is 16.7. The van der Waals surface area contributed by atoms with Gasteiger partial charge in [0.25, 0.3) is 0 Å². The molecular formula is C40H68N12O17. The lowest BCUT2D eigenvalue weighted by molar-refractivity contribution is -0.147. The average molecular weight is 989 g/mol. The van der Waals surface area contributed by atoms with Crippen LogP contribution >= 0.6 is 0 Å². The van der Waals surface area contributed by atoms with E-state index in [9.17, 15) is 72.9 Å². The Morgan fingerprint density at radius 3 is 1.35 bits per heavy atom. The van der Waals surface area contributed by atoms with Crippen LogP contribution in [0.2, 0.25) is 0 Å². The van der Waals surface area contributed by atoms with E-state index in [4.69, 9.17) is 27.4 Å². The zero-order valence-corrected chi connectivity index (χ0v) is 39.4. The summed E-state index contributed by atoms with van der Waals surface area (Å²) >= 11 is 0. The maximum absolute atomic E-state index is 14.0. The highest BCUT2D eigenvalue weighted by molar-refractivity contribution is 5.99. The van der Waals surface area contributed by atoms with E-state index < -0.39 is 169 Å². The lowest BCUT2D eigenvalue weighted by Gasteiger charge is -2.30. The van der Waals surface area contributed by atoms with Gasteiger partial charge in [-0.3, -0.25) is 57.7 Å². The molecule has 0 heterocycles. The molecule has 0 aliphatic rings. The summed E-state index contributed by atoms with van der Waals surface area (Å²) in [7, 11) is 0. The number of aliphatic imine (C=N–C) groups is 1. The number of hydrogen-bond donors (Lipinski definition) is 16. The highest BCUT2D eigenvalue weighted by Gasteiger charge is 2.37. The van der Waals surface area contributed by atoms with Crippen LogP contribution in [0.15, 0.2) is 4.99 Å². The SMILES string of the molecule is CC[C@H](C)[C@H](NC(=O)[C@H](CO)NC(=O)[C@@H](N)CC(=O)O)C(=O)N[C@@H](CCCN=C(N)N)C(=O)N[C@H](C(=O)N[C@@H](CC(=O)O)C(=O)N[C@@H](C)C(=O)N[C@H](C(=O)N[C@@H](CC(=O)O)C(=O)O)C(C)C)C(C)C. The Hall–Kier alpha value is -7.17. The van der Waals surface area contributed by atoms with Gasteiger partial charge in [0, 0.05) is 6.54 Å². The fraction of sp³-hybridized carbons (Fsp3) is 0.675. The van der Waals surface area contributed by atoms with Crippen LogP contribution in [0.5, 0.6) is 0 Å². The second-order valence-electron chi connectivity index (χ2n) is 16.7. The summed E-state index contributed by atoms with van der Waals surface area (Å²) in [4.78, 5) is 156.